The van der Waals surface area contributed by atoms with Crippen LogP contribution in [-0.4, -0.2) is 26.7 Å². The zero-order chi connectivity index (χ0) is 11.4. The summed E-state index contributed by atoms with van der Waals surface area (Å²) in [5.74, 6) is -0.361. The third kappa shape index (κ3) is 1.68. The summed E-state index contributed by atoms with van der Waals surface area (Å²) in [6.45, 7) is 10.6. The average molecular weight is 227 g/mol. The molecule has 1 saturated heterocycles. The van der Waals surface area contributed by atoms with Crippen LogP contribution in [0, 0.1) is 11.3 Å². The van der Waals surface area contributed by atoms with Gasteiger partial charge in [0, 0.05) is 12.3 Å². The zero-order valence-electron chi connectivity index (χ0n) is 10.1. The number of Topliss-reactive ketones (excluding diaryl/α,β-unsaturated/α-hetero) is 1. The molecule has 0 aromatic carbocycles. The summed E-state index contributed by atoms with van der Waals surface area (Å²) in [6, 6.07) is 0. The van der Waals surface area contributed by atoms with Crippen LogP contribution in [0.25, 0.3) is 0 Å². The first-order chi connectivity index (χ1) is 6.77. The Morgan fingerprint density at radius 2 is 2.07 bits per heavy atom. The zero-order valence-corrected chi connectivity index (χ0v) is 11.1. The van der Waals surface area contributed by atoms with Gasteiger partial charge in [-0.2, -0.15) is 0 Å². The monoisotopic (exact) mass is 227 g/mol. The van der Waals surface area contributed by atoms with E-state index < -0.39 is 14.8 Å². The molecule has 1 aliphatic carbocycles. The fourth-order valence-corrected chi connectivity index (χ4v) is 3.26. The summed E-state index contributed by atoms with van der Waals surface area (Å²) in [6.07, 6.45) is 0.633. The molecule has 1 heterocycles. The molecule has 2 rings (SSSR count). The summed E-state index contributed by atoms with van der Waals surface area (Å²) < 4.78 is 11.3. The number of ether oxygens (including phenoxy) is 1. The maximum absolute atomic E-state index is 11.9. The van der Waals surface area contributed by atoms with Gasteiger partial charge in [-0.1, -0.05) is 20.8 Å². The molecule has 0 aromatic heterocycles. The number of rotatable bonds is 2. The molecule has 3 nitrogen and oxygen atoms in total. The van der Waals surface area contributed by atoms with Gasteiger partial charge in [-0.3, -0.25) is 4.79 Å². The van der Waals surface area contributed by atoms with Crippen molar-refractivity contribution in [3.63, 3.8) is 0 Å². The number of hydrogen-bond donors (Lipinski definition) is 0. The van der Waals surface area contributed by atoms with Crippen molar-refractivity contribution in [3.05, 3.63) is 0 Å². The van der Waals surface area contributed by atoms with E-state index in [1.54, 1.807) is 0 Å². The average Bonchev–Trinajstić information content (AvgIpc) is 2.65. The van der Waals surface area contributed by atoms with Gasteiger partial charge < -0.3 is 9.16 Å². The summed E-state index contributed by atoms with van der Waals surface area (Å²) in [4.78, 5) is 11.9. The minimum absolute atomic E-state index is 0.0184. The van der Waals surface area contributed by atoms with Crippen LogP contribution in [0.2, 0.25) is 13.1 Å². The molecular formula is C11H19O3Si. The van der Waals surface area contributed by atoms with Gasteiger partial charge in [0.05, 0.1) is 0 Å². The third-order valence-electron chi connectivity index (χ3n) is 3.25. The van der Waals surface area contributed by atoms with Gasteiger partial charge >= 0.3 is 0 Å². The highest BCUT2D eigenvalue weighted by Crippen LogP contribution is 2.56. The van der Waals surface area contributed by atoms with E-state index in [9.17, 15) is 4.79 Å². The van der Waals surface area contributed by atoms with Crippen molar-refractivity contribution in [2.24, 2.45) is 11.3 Å². The van der Waals surface area contributed by atoms with Crippen LogP contribution < -0.4 is 0 Å². The fourth-order valence-electron chi connectivity index (χ4n) is 2.38. The number of carbonyl (C=O) groups is 1. The smallest absolute Gasteiger partial charge is 0.247 e. The number of epoxide rings is 1. The van der Waals surface area contributed by atoms with Crippen LogP contribution in [0.15, 0.2) is 0 Å². The van der Waals surface area contributed by atoms with E-state index in [0.717, 1.165) is 0 Å². The van der Waals surface area contributed by atoms with Gasteiger partial charge in [-0.25, -0.2) is 0 Å². The molecule has 0 N–H and O–H groups in total. The van der Waals surface area contributed by atoms with Crippen LogP contribution in [0.5, 0.6) is 0 Å². The topological polar surface area (TPSA) is 38.8 Å². The second kappa shape index (κ2) is 3.15. The van der Waals surface area contributed by atoms with E-state index in [1.165, 1.54) is 0 Å². The predicted octanol–water partition coefficient (Wildman–Crippen LogP) is 1.98. The predicted molar refractivity (Wildman–Crippen MR) is 58.7 cm³/mol. The SMILES string of the molecule is C[Si](C)OC12OC1[C@@H](C(C)(C)C)CC2=O. The summed E-state index contributed by atoms with van der Waals surface area (Å²) >= 11 is 0. The molecule has 1 saturated carbocycles. The van der Waals surface area contributed by atoms with E-state index in [2.05, 4.69) is 20.8 Å². The highest BCUT2D eigenvalue weighted by Gasteiger charge is 2.73. The van der Waals surface area contributed by atoms with Crippen LogP contribution >= 0.6 is 0 Å². The van der Waals surface area contributed by atoms with E-state index in [4.69, 9.17) is 9.16 Å². The van der Waals surface area contributed by atoms with E-state index >= 15 is 0 Å². The first kappa shape index (κ1) is 11.3. The molecule has 2 aliphatic rings. The molecule has 1 radical (unpaired) electrons. The molecule has 0 aromatic rings. The van der Waals surface area contributed by atoms with Gasteiger partial charge in [0.25, 0.3) is 0 Å². The fraction of sp³-hybridized carbons (Fsp3) is 0.909. The Bertz CT molecular complexity index is 295. The number of carbonyl (C=O) groups excluding carboxylic acids is 1. The Morgan fingerprint density at radius 1 is 1.47 bits per heavy atom. The largest absolute Gasteiger partial charge is 0.383 e. The lowest BCUT2D eigenvalue weighted by Gasteiger charge is -2.25. The van der Waals surface area contributed by atoms with Gasteiger partial charge in [0.2, 0.25) is 14.8 Å². The van der Waals surface area contributed by atoms with Crippen LogP contribution in [0.1, 0.15) is 27.2 Å². The lowest BCUT2D eigenvalue weighted by Crippen LogP contribution is -2.30. The molecule has 2 fully saturated rings. The second-order valence-corrected chi connectivity index (χ2v) is 7.84. The van der Waals surface area contributed by atoms with E-state index in [0.29, 0.717) is 12.3 Å². The highest BCUT2D eigenvalue weighted by molar-refractivity contribution is 6.48. The Kier molecular flexibility index (Phi) is 2.37. The number of fused-ring (bicyclic) bond motifs is 1. The maximum atomic E-state index is 11.9. The van der Waals surface area contributed by atoms with Crippen molar-refractivity contribution in [1.82, 2.24) is 0 Å². The minimum atomic E-state index is -0.880. The van der Waals surface area contributed by atoms with Crippen LogP contribution in [0.3, 0.4) is 0 Å². The van der Waals surface area contributed by atoms with Crippen molar-refractivity contribution in [1.29, 1.82) is 0 Å². The van der Waals surface area contributed by atoms with Gasteiger partial charge in [0.1, 0.15) is 6.10 Å². The van der Waals surface area contributed by atoms with Gasteiger partial charge in [-0.05, 0) is 18.5 Å². The Morgan fingerprint density at radius 3 is 2.40 bits per heavy atom. The molecule has 0 bridgehead atoms. The van der Waals surface area contributed by atoms with Crippen molar-refractivity contribution in [2.75, 3.05) is 0 Å². The van der Waals surface area contributed by atoms with Gasteiger partial charge in [-0.15, -0.1) is 0 Å². The van der Waals surface area contributed by atoms with E-state index in [-0.39, 0.29) is 17.3 Å². The molecule has 85 valence electrons. The summed E-state index contributed by atoms with van der Waals surface area (Å²) in [5.41, 5.74) is 0.121. The molecule has 15 heavy (non-hydrogen) atoms. The third-order valence-corrected chi connectivity index (χ3v) is 3.96. The van der Waals surface area contributed by atoms with Crippen molar-refractivity contribution >= 4 is 14.8 Å². The molecule has 2 unspecified atom stereocenters. The number of ketones is 1. The molecular weight excluding hydrogens is 208 g/mol. The quantitative estimate of drug-likeness (QED) is 0.535. The molecule has 0 spiro atoms. The molecule has 3 atom stereocenters. The second-order valence-electron chi connectivity index (χ2n) is 5.82. The molecule has 1 aliphatic heterocycles. The lowest BCUT2D eigenvalue weighted by molar-refractivity contribution is -0.134. The maximum Gasteiger partial charge on any atom is 0.247 e. The van der Waals surface area contributed by atoms with E-state index in [1.807, 2.05) is 13.1 Å². The molecule has 4 heteroatoms. The van der Waals surface area contributed by atoms with Crippen LogP contribution in [-0.2, 0) is 14.0 Å². The number of hydrogen-bond acceptors (Lipinski definition) is 3. The minimum Gasteiger partial charge on any atom is -0.383 e. The Balaban J connectivity index is 2.14. The normalized spacial score (nSPS) is 39.7. The standard InChI is InChI=1S/C11H19O3Si/c1-10(2,3)7-6-8(12)11(9(7)13-11)14-15(4)5/h7,9H,6H2,1-5H3/t7-,9?,11?/m0/s1. The summed E-state index contributed by atoms with van der Waals surface area (Å²) in [7, 11) is -0.880. The molecule has 0 amide bonds. The van der Waals surface area contributed by atoms with Crippen molar-refractivity contribution in [2.45, 2.75) is 52.2 Å². The van der Waals surface area contributed by atoms with Crippen molar-refractivity contribution in [3.8, 4) is 0 Å². The van der Waals surface area contributed by atoms with Crippen LogP contribution in [0.4, 0.5) is 0 Å². The first-order valence-electron chi connectivity index (χ1n) is 5.47. The lowest BCUT2D eigenvalue weighted by atomic mass is 9.79. The first-order valence-corrected chi connectivity index (χ1v) is 7.88. The Labute approximate surface area is 92.9 Å². The Hall–Kier alpha value is -0.193. The summed E-state index contributed by atoms with van der Waals surface area (Å²) in [5, 5.41) is 0. The van der Waals surface area contributed by atoms with Gasteiger partial charge in [0.15, 0.2) is 5.78 Å². The van der Waals surface area contributed by atoms with Crippen molar-refractivity contribution < 1.29 is 14.0 Å². The highest BCUT2D eigenvalue weighted by atomic mass is 28.3.